The molecule has 0 atom stereocenters. The molecule has 15 heavy (non-hydrogen) atoms. The lowest BCUT2D eigenvalue weighted by molar-refractivity contribution is -0.383. The molecule has 0 fully saturated rings. The first-order valence-corrected chi connectivity index (χ1v) is 4.22. The van der Waals surface area contributed by atoms with Gasteiger partial charge in [-0.1, -0.05) is 11.6 Å². The third-order valence-electron chi connectivity index (χ3n) is 1.55. The first-order valence-electron chi connectivity index (χ1n) is 3.84. The number of hydrogen-bond donors (Lipinski definition) is 1. The van der Waals surface area contributed by atoms with E-state index in [2.05, 4.69) is 0 Å². The molecule has 0 radical (unpaired) electrons. The number of anilines is 1. The minimum atomic E-state index is -1.25. The number of alkyl halides is 1. The smallest absolute Gasteiger partial charge is 0.292 e. The van der Waals surface area contributed by atoms with E-state index in [0.29, 0.717) is 0 Å². The molecule has 0 aromatic heterocycles. The highest BCUT2D eigenvalue weighted by atomic mass is 35.5. The van der Waals surface area contributed by atoms with Crippen LogP contribution in [0.1, 0.15) is 0 Å². The van der Waals surface area contributed by atoms with E-state index in [1.54, 1.807) is 0 Å². The van der Waals surface area contributed by atoms with Gasteiger partial charge in [0.2, 0.25) is 0 Å². The molecule has 0 aliphatic rings. The van der Waals surface area contributed by atoms with E-state index in [1.165, 1.54) is 12.1 Å². The van der Waals surface area contributed by atoms with Crippen LogP contribution < -0.4 is 5.32 Å². The highest BCUT2D eigenvalue weighted by Crippen LogP contribution is 2.27. The van der Waals surface area contributed by atoms with Crippen LogP contribution in [0.25, 0.3) is 0 Å². The van der Waals surface area contributed by atoms with Crippen LogP contribution in [-0.4, -0.2) is 17.5 Å². The number of amides is 1. The van der Waals surface area contributed by atoms with E-state index in [1.807, 2.05) is 5.32 Å². The summed E-state index contributed by atoms with van der Waals surface area (Å²) < 4.78 is 11.9. The van der Waals surface area contributed by atoms with Gasteiger partial charge in [0.15, 0.2) is 6.67 Å². The molecule has 5 nitrogen and oxygen atoms in total. The van der Waals surface area contributed by atoms with Crippen LogP contribution in [0, 0.1) is 10.1 Å². The minimum Gasteiger partial charge on any atom is -0.318 e. The lowest BCUT2D eigenvalue weighted by atomic mass is 10.2. The second-order valence-electron chi connectivity index (χ2n) is 2.60. The number of carbonyl (C=O) groups is 1. The Hall–Kier alpha value is -1.69. The van der Waals surface area contributed by atoms with Crippen molar-refractivity contribution >= 4 is 28.9 Å². The molecule has 1 amide bonds. The second kappa shape index (κ2) is 4.70. The van der Waals surface area contributed by atoms with Crippen LogP contribution in [-0.2, 0) is 4.79 Å². The van der Waals surface area contributed by atoms with Gasteiger partial charge >= 0.3 is 0 Å². The first-order chi connectivity index (χ1) is 7.04. The van der Waals surface area contributed by atoms with Gasteiger partial charge in [0, 0.05) is 11.1 Å². The summed E-state index contributed by atoms with van der Waals surface area (Å²) in [5, 5.41) is 12.8. The Balaban J connectivity index is 3.07. The Morgan fingerprint density at radius 3 is 2.80 bits per heavy atom. The van der Waals surface area contributed by atoms with Gasteiger partial charge < -0.3 is 5.32 Å². The summed E-state index contributed by atoms with van der Waals surface area (Å²) in [7, 11) is 0. The van der Waals surface area contributed by atoms with Crippen LogP contribution in [0.4, 0.5) is 15.8 Å². The van der Waals surface area contributed by atoms with Crippen molar-refractivity contribution in [3.8, 4) is 0 Å². The molecule has 80 valence electrons. The van der Waals surface area contributed by atoms with Gasteiger partial charge in [-0.2, -0.15) is 0 Å². The Kier molecular flexibility index (Phi) is 3.56. The number of benzene rings is 1. The maximum absolute atomic E-state index is 11.9. The number of nitrogens with zero attached hydrogens (tertiary/aromatic N) is 1. The maximum atomic E-state index is 11.9. The molecule has 0 spiro atoms. The van der Waals surface area contributed by atoms with Crippen LogP contribution in [0.2, 0.25) is 5.02 Å². The summed E-state index contributed by atoms with van der Waals surface area (Å²) in [5.41, 5.74) is -0.448. The zero-order chi connectivity index (χ0) is 11.4. The monoisotopic (exact) mass is 232 g/mol. The fraction of sp³-hybridized carbons (Fsp3) is 0.125. The fourth-order valence-electron chi connectivity index (χ4n) is 0.951. The fourth-order valence-corrected chi connectivity index (χ4v) is 1.12. The normalized spacial score (nSPS) is 9.73. The van der Waals surface area contributed by atoms with Gasteiger partial charge in [0.05, 0.1) is 4.92 Å². The molecule has 0 aliphatic heterocycles. The zero-order valence-electron chi connectivity index (χ0n) is 7.37. The van der Waals surface area contributed by atoms with Crippen molar-refractivity contribution in [2.24, 2.45) is 0 Å². The molecule has 1 rings (SSSR count). The Morgan fingerprint density at radius 2 is 2.27 bits per heavy atom. The summed E-state index contributed by atoms with van der Waals surface area (Å²) >= 11 is 5.58. The van der Waals surface area contributed by atoms with E-state index in [9.17, 15) is 19.3 Å². The molecule has 0 aliphatic carbocycles. The Morgan fingerprint density at radius 1 is 1.60 bits per heavy atom. The molecule has 1 aromatic carbocycles. The topological polar surface area (TPSA) is 72.2 Å². The van der Waals surface area contributed by atoms with E-state index >= 15 is 0 Å². The number of halogens is 2. The number of hydrogen-bond acceptors (Lipinski definition) is 3. The quantitative estimate of drug-likeness (QED) is 0.641. The molecule has 0 heterocycles. The summed E-state index contributed by atoms with van der Waals surface area (Å²) in [6.07, 6.45) is 0. The number of carbonyl (C=O) groups excluding carboxylic acids is 1. The third-order valence-corrected chi connectivity index (χ3v) is 1.79. The molecule has 1 N–H and O–H groups in total. The molecular weight excluding hydrogens is 227 g/mol. The van der Waals surface area contributed by atoms with E-state index in [4.69, 9.17) is 11.6 Å². The van der Waals surface area contributed by atoms with Crippen molar-refractivity contribution in [3.63, 3.8) is 0 Å². The van der Waals surface area contributed by atoms with Gasteiger partial charge in [-0.15, -0.1) is 0 Å². The lowest BCUT2D eigenvalue weighted by Gasteiger charge is -2.03. The molecule has 0 unspecified atom stereocenters. The summed E-state index contributed by atoms with van der Waals surface area (Å²) in [5.74, 6) is -0.958. The Bertz CT molecular complexity index is 411. The Labute approximate surface area is 89.0 Å². The average Bonchev–Trinajstić information content (AvgIpc) is 2.17. The van der Waals surface area contributed by atoms with Crippen molar-refractivity contribution in [1.29, 1.82) is 0 Å². The molecule has 0 saturated carbocycles. The number of nitro benzene ring substituents is 1. The molecule has 0 bridgehead atoms. The van der Waals surface area contributed by atoms with Crippen molar-refractivity contribution in [2.45, 2.75) is 0 Å². The number of nitrogens with one attached hydrogen (secondary N) is 1. The zero-order valence-corrected chi connectivity index (χ0v) is 8.12. The summed E-state index contributed by atoms with van der Waals surface area (Å²) in [6, 6.07) is 3.63. The molecular formula is C8H6ClFN2O3. The van der Waals surface area contributed by atoms with E-state index in [0.717, 1.165) is 6.07 Å². The minimum absolute atomic E-state index is 0.116. The average molecular weight is 233 g/mol. The molecule has 0 saturated heterocycles. The van der Waals surface area contributed by atoms with Crippen molar-refractivity contribution in [1.82, 2.24) is 0 Å². The third kappa shape index (κ3) is 2.88. The molecule has 1 aromatic rings. The SMILES string of the molecule is O=C(CF)Nc1cc(Cl)ccc1[N+](=O)[O-]. The van der Waals surface area contributed by atoms with Gasteiger partial charge in [0.25, 0.3) is 11.6 Å². The van der Waals surface area contributed by atoms with E-state index < -0.39 is 17.5 Å². The van der Waals surface area contributed by atoms with Crippen LogP contribution >= 0.6 is 11.6 Å². The highest BCUT2D eigenvalue weighted by molar-refractivity contribution is 6.31. The highest BCUT2D eigenvalue weighted by Gasteiger charge is 2.15. The van der Waals surface area contributed by atoms with Crippen molar-refractivity contribution < 1.29 is 14.1 Å². The van der Waals surface area contributed by atoms with Gasteiger partial charge in [-0.3, -0.25) is 14.9 Å². The molecule has 7 heteroatoms. The summed E-state index contributed by atoms with van der Waals surface area (Å²) in [4.78, 5) is 20.5. The second-order valence-corrected chi connectivity index (χ2v) is 3.04. The van der Waals surface area contributed by atoms with Gasteiger partial charge in [-0.05, 0) is 12.1 Å². The van der Waals surface area contributed by atoms with E-state index in [-0.39, 0.29) is 16.4 Å². The summed E-state index contributed by atoms with van der Waals surface area (Å²) in [6.45, 7) is -1.25. The van der Waals surface area contributed by atoms with Crippen molar-refractivity contribution in [2.75, 3.05) is 12.0 Å². The number of rotatable bonds is 3. The van der Waals surface area contributed by atoms with Crippen LogP contribution in [0.15, 0.2) is 18.2 Å². The van der Waals surface area contributed by atoms with Gasteiger partial charge in [0.1, 0.15) is 5.69 Å². The standard InChI is InChI=1S/C8H6ClFN2O3/c9-5-1-2-7(12(14)15)6(3-5)11-8(13)4-10/h1-3H,4H2,(H,11,13). The first kappa shape index (κ1) is 11.4. The maximum Gasteiger partial charge on any atom is 0.292 e. The van der Waals surface area contributed by atoms with Gasteiger partial charge in [-0.25, -0.2) is 4.39 Å². The van der Waals surface area contributed by atoms with Crippen LogP contribution in [0.5, 0.6) is 0 Å². The largest absolute Gasteiger partial charge is 0.318 e. The number of nitro groups is 1. The van der Waals surface area contributed by atoms with Crippen LogP contribution in [0.3, 0.4) is 0 Å². The predicted octanol–water partition coefficient (Wildman–Crippen LogP) is 2.16. The van der Waals surface area contributed by atoms with Crippen molar-refractivity contribution in [3.05, 3.63) is 33.3 Å². The lowest BCUT2D eigenvalue weighted by Crippen LogP contribution is -2.14. The predicted molar refractivity (Wildman–Crippen MR) is 52.7 cm³/mol.